The Labute approximate surface area is 170 Å². The number of aromatic nitrogens is 1. The molecule has 2 aromatic rings. The number of hydrogen-bond acceptors (Lipinski definition) is 3. The van der Waals surface area contributed by atoms with Gasteiger partial charge in [0, 0.05) is 29.8 Å². The normalized spacial score (nSPS) is 23.3. The number of benzene rings is 1. The molecule has 1 aromatic carbocycles. The van der Waals surface area contributed by atoms with Crippen LogP contribution in [0.1, 0.15) is 82.0 Å². The Morgan fingerprint density at radius 1 is 1.07 bits per heavy atom. The van der Waals surface area contributed by atoms with Crippen molar-refractivity contribution in [3.8, 4) is 0 Å². The number of H-pyrrole nitrogens is 1. The molecular formula is C24H26N2O3. The van der Waals surface area contributed by atoms with Gasteiger partial charge in [-0.2, -0.15) is 0 Å². The Hall–Kier alpha value is -2.69. The molecule has 0 aliphatic heterocycles. The van der Waals surface area contributed by atoms with E-state index >= 15 is 0 Å². The highest BCUT2D eigenvalue weighted by Gasteiger charge is 2.44. The quantitative estimate of drug-likeness (QED) is 0.864. The van der Waals surface area contributed by atoms with Crippen LogP contribution >= 0.6 is 0 Å². The van der Waals surface area contributed by atoms with Crippen LogP contribution in [-0.4, -0.2) is 33.7 Å². The van der Waals surface area contributed by atoms with Gasteiger partial charge in [0.1, 0.15) is 5.56 Å². The summed E-state index contributed by atoms with van der Waals surface area (Å²) in [5, 5.41) is 0. The molecule has 150 valence electrons. The number of ketones is 1. The second-order valence-corrected chi connectivity index (χ2v) is 8.80. The first-order valence-electron chi connectivity index (χ1n) is 10.7. The summed E-state index contributed by atoms with van der Waals surface area (Å²) in [5.41, 5.74) is 3.65. The number of carbonyl (C=O) groups excluding carboxylic acids is 2. The summed E-state index contributed by atoms with van der Waals surface area (Å²) in [6.07, 6.45) is 5.81. The zero-order chi connectivity index (χ0) is 20.1. The monoisotopic (exact) mass is 390 g/mol. The standard InChI is InChI=1S/C24H26N2O3/c1-14-5-2-3-6-18(14)15-11-17(12-15)26(16-9-10-16)24(29)20-13-19-21(25-23(20)28)7-4-8-22(19)27/h2-3,5-6,13,15-17H,4,7-12H2,1H3,(H,25,28). The molecule has 5 heteroatoms. The average molecular weight is 390 g/mol. The summed E-state index contributed by atoms with van der Waals surface area (Å²) in [7, 11) is 0. The van der Waals surface area contributed by atoms with Crippen LogP contribution in [-0.2, 0) is 6.42 Å². The predicted octanol–water partition coefficient (Wildman–Crippen LogP) is 3.75. The van der Waals surface area contributed by atoms with Gasteiger partial charge in [-0.05, 0) is 68.6 Å². The molecule has 1 heterocycles. The molecule has 0 saturated heterocycles. The first-order valence-corrected chi connectivity index (χ1v) is 10.7. The molecule has 0 spiro atoms. The van der Waals surface area contributed by atoms with Crippen LogP contribution in [0.2, 0.25) is 0 Å². The maximum Gasteiger partial charge on any atom is 0.261 e. The molecule has 1 amide bonds. The number of nitrogens with zero attached hydrogens (tertiary/aromatic N) is 1. The van der Waals surface area contributed by atoms with Crippen molar-refractivity contribution in [2.24, 2.45) is 0 Å². The predicted molar refractivity (Wildman–Crippen MR) is 110 cm³/mol. The third-order valence-corrected chi connectivity index (χ3v) is 6.79. The van der Waals surface area contributed by atoms with Gasteiger partial charge in [-0.25, -0.2) is 0 Å². The second-order valence-electron chi connectivity index (χ2n) is 8.80. The Morgan fingerprint density at radius 3 is 2.55 bits per heavy atom. The van der Waals surface area contributed by atoms with Gasteiger partial charge >= 0.3 is 0 Å². The highest BCUT2D eigenvalue weighted by molar-refractivity contribution is 6.01. The summed E-state index contributed by atoms with van der Waals surface area (Å²) in [6, 6.07) is 10.4. The van der Waals surface area contributed by atoms with Crippen LogP contribution < -0.4 is 5.56 Å². The first kappa shape index (κ1) is 18.3. The number of pyridine rings is 1. The minimum atomic E-state index is -0.358. The van der Waals surface area contributed by atoms with E-state index in [9.17, 15) is 14.4 Å². The summed E-state index contributed by atoms with van der Waals surface area (Å²) < 4.78 is 0. The fraction of sp³-hybridized carbons (Fsp3) is 0.458. The fourth-order valence-corrected chi connectivity index (χ4v) is 4.97. The zero-order valence-electron chi connectivity index (χ0n) is 16.7. The van der Waals surface area contributed by atoms with E-state index in [0.29, 0.717) is 30.0 Å². The van der Waals surface area contributed by atoms with Crippen molar-refractivity contribution in [3.05, 3.63) is 68.6 Å². The minimum Gasteiger partial charge on any atom is -0.332 e. The number of fused-ring (bicyclic) bond motifs is 1. The van der Waals surface area contributed by atoms with Crippen LogP contribution in [0.4, 0.5) is 0 Å². The molecule has 5 nitrogen and oxygen atoms in total. The van der Waals surface area contributed by atoms with Crippen molar-refractivity contribution in [1.82, 2.24) is 9.88 Å². The molecule has 0 unspecified atom stereocenters. The maximum absolute atomic E-state index is 13.4. The van der Waals surface area contributed by atoms with Crippen molar-refractivity contribution >= 4 is 11.7 Å². The molecule has 2 fully saturated rings. The van der Waals surface area contributed by atoms with Crippen molar-refractivity contribution in [2.75, 3.05) is 0 Å². The molecule has 3 aliphatic rings. The van der Waals surface area contributed by atoms with Gasteiger partial charge < -0.3 is 9.88 Å². The summed E-state index contributed by atoms with van der Waals surface area (Å²) >= 11 is 0. The lowest BCUT2D eigenvalue weighted by atomic mass is 9.73. The number of aromatic amines is 1. The maximum atomic E-state index is 13.4. The number of amides is 1. The molecule has 0 atom stereocenters. The Kier molecular flexibility index (Phi) is 4.41. The summed E-state index contributed by atoms with van der Waals surface area (Å²) in [4.78, 5) is 43.0. The SMILES string of the molecule is Cc1ccccc1C1CC(N(C(=O)c2cc3c([nH]c2=O)CCCC3=O)C2CC2)C1. The van der Waals surface area contributed by atoms with Gasteiger partial charge in [-0.3, -0.25) is 14.4 Å². The van der Waals surface area contributed by atoms with E-state index in [1.165, 1.54) is 11.1 Å². The van der Waals surface area contributed by atoms with Crippen molar-refractivity contribution in [2.45, 2.75) is 69.9 Å². The van der Waals surface area contributed by atoms with E-state index in [2.05, 4.69) is 36.2 Å². The average Bonchev–Trinajstić information content (AvgIpc) is 3.49. The highest BCUT2D eigenvalue weighted by atomic mass is 16.2. The van der Waals surface area contributed by atoms with Crippen LogP contribution in [0.5, 0.6) is 0 Å². The number of carbonyl (C=O) groups is 2. The van der Waals surface area contributed by atoms with E-state index in [1.807, 2.05) is 4.90 Å². The summed E-state index contributed by atoms with van der Waals surface area (Å²) in [6.45, 7) is 2.14. The lowest BCUT2D eigenvalue weighted by molar-refractivity contribution is 0.0514. The van der Waals surface area contributed by atoms with Gasteiger partial charge in [0.15, 0.2) is 5.78 Å². The van der Waals surface area contributed by atoms with Crippen molar-refractivity contribution < 1.29 is 9.59 Å². The number of rotatable bonds is 4. The van der Waals surface area contributed by atoms with Gasteiger partial charge in [0.2, 0.25) is 0 Å². The number of nitrogens with one attached hydrogen (secondary N) is 1. The molecule has 29 heavy (non-hydrogen) atoms. The Bertz CT molecular complexity index is 1040. The van der Waals surface area contributed by atoms with Crippen LogP contribution in [0.15, 0.2) is 35.1 Å². The van der Waals surface area contributed by atoms with Gasteiger partial charge in [0.25, 0.3) is 11.5 Å². The lowest BCUT2D eigenvalue weighted by Gasteiger charge is -2.44. The smallest absolute Gasteiger partial charge is 0.261 e. The molecule has 0 bridgehead atoms. The fourth-order valence-electron chi connectivity index (χ4n) is 4.97. The topological polar surface area (TPSA) is 70.2 Å². The van der Waals surface area contributed by atoms with Crippen LogP contribution in [0.25, 0.3) is 0 Å². The van der Waals surface area contributed by atoms with E-state index in [1.54, 1.807) is 6.07 Å². The molecule has 2 saturated carbocycles. The Balaban J connectivity index is 1.40. The largest absolute Gasteiger partial charge is 0.332 e. The number of aryl methyl sites for hydroxylation is 2. The van der Waals surface area contributed by atoms with Crippen molar-refractivity contribution in [1.29, 1.82) is 0 Å². The Morgan fingerprint density at radius 2 is 1.83 bits per heavy atom. The minimum absolute atomic E-state index is 0.0257. The first-order chi connectivity index (χ1) is 14.0. The number of Topliss-reactive ketones (excluding diaryl/α,β-unsaturated/α-hetero) is 1. The van der Waals surface area contributed by atoms with E-state index in [4.69, 9.17) is 0 Å². The van der Waals surface area contributed by atoms with Gasteiger partial charge in [0.05, 0.1) is 0 Å². The molecule has 5 rings (SSSR count). The van der Waals surface area contributed by atoms with Gasteiger partial charge in [-0.15, -0.1) is 0 Å². The molecule has 1 N–H and O–H groups in total. The number of hydrogen-bond donors (Lipinski definition) is 1. The van der Waals surface area contributed by atoms with E-state index in [0.717, 1.165) is 32.1 Å². The molecule has 1 aromatic heterocycles. The van der Waals surface area contributed by atoms with Crippen LogP contribution in [0.3, 0.4) is 0 Å². The molecular weight excluding hydrogens is 364 g/mol. The van der Waals surface area contributed by atoms with Crippen LogP contribution in [0, 0.1) is 6.92 Å². The van der Waals surface area contributed by atoms with E-state index < -0.39 is 0 Å². The second kappa shape index (κ2) is 6.97. The summed E-state index contributed by atoms with van der Waals surface area (Å²) in [5.74, 6) is 0.291. The van der Waals surface area contributed by atoms with Gasteiger partial charge in [-0.1, -0.05) is 24.3 Å². The van der Waals surface area contributed by atoms with Crippen molar-refractivity contribution in [3.63, 3.8) is 0 Å². The zero-order valence-corrected chi connectivity index (χ0v) is 16.7. The highest BCUT2D eigenvalue weighted by Crippen LogP contribution is 2.44. The lowest BCUT2D eigenvalue weighted by Crippen LogP contribution is -2.49. The van der Waals surface area contributed by atoms with E-state index in [-0.39, 0.29) is 34.9 Å². The molecule has 3 aliphatic carbocycles. The molecule has 0 radical (unpaired) electrons. The third kappa shape index (κ3) is 3.22. The third-order valence-electron chi connectivity index (χ3n) is 6.79.